The number of aliphatic hydroxyl groups excluding tert-OH is 2. The van der Waals surface area contributed by atoms with Crippen molar-refractivity contribution in [3.05, 3.63) is 35.9 Å². The molecule has 23 heavy (non-hydrogen) atoms. The lowest BCUT2D eigenvalue weighted by atomic mass is 10.1. The number of benzene rings is 1. The zero-order chi connectivity index (χ0) is 16.7. The summed E-state index contributed by atoms with van der Waals surface area (Å²) in [5, 5.41) is 22.7. The van der Waals surface area contributed by atoms with Crippen LogP contribution in [0.2, 0.25) is 0 Å². The molecule has 1 fully saturated rings. The fraction of sp³-hybridized carbons (Fsp3) is 0.611. The SMILES string of the molecule is CCC(=O)NCC1C(O)CC(CO)N1CCCc1ccccc1. The summed E-state index contributed by atoms with van der Waals surface area (Å²) in [6.07, 6.45) is 2.45. The van der Waals surface area contributed by atoms with E-state index in [2.05, 4.69) is 22.3 Å². The van der Waals surface area contributed by atoms with E-state index >= 15 is 0 Å². The number of aliphatic hydroxyl groups is 2. The number of carbonyl (C=O) groups is 1. The van der Waals surface area contributed by atoms with E-state index in [-0.39, 0.29) is 24.6 Å². The molecule has 0 aromatic heterocycles. The summed E-state index contributed by atoms with van der Waals surface area (Å²) in [6.45, 7) is 3.11. The van der Waals surface area contributed by atoms with Crippen LogP contribution in [0.3, 0.4) is 0 Å². The van der Waals surface area contributed by atoms with Crippen LogP contribution in [-0.2, 0) is 11.2 Å². The third-order valence-corrected chi connectivity index (χ3v) is 4.62. The summed E-state index contributed by atoms with van der Waals surface area (Å²) < 4.78 is 0. The van der Waals surface area contributed by atoms with Gasteiger partial charge in [-0.25, -0.2) is 0 Å². The number of carbonyl (C=O) groups excluding carboxylic acids is 1. The van der Waals surface area contributed by atoms with E-state index in [1.165, 1.54) is 5.56 Å². The molecular weight excluding hydrogens is 292 g/mol. The van der Waals surface area contributed by atoms with E-state index in [9.17, 15) is 15.0 Å². The van der Waals surface area contributed by atoms with Gasteiger partial charge in [-0.05, 0) is 31.4 Å². The number of rotatable bonds is 8. The minimum absolute atomic E-state index is 0.00566. The molecule has 1 aromatic carbocycles. The molecule has 5 nitrogen and oxygen atoms in total. The minimum atomic E-state index is -0.499. The van der Waals surface area contributed by atoms with E-state index in [0.717, 1.165) is 19.4 Å². The van der Waals surface area contributed by atoms with Crippen LogP contribution in [0.25, 0.3) is 0 Å². The number of amides is 1. The highest BCUT2D eigenvalue weighted by Crippen LogP contribution is 2.24. The fourth-order valence-electron chi connectivity index (χ4n) is 3.30. The Bertz CT molecular complexity index is 480. The molecule has 3 unspecified atom stereocenters. The normalized spacial score (nSPS) is 24.7. The zero-order valence-electron chi connectivity index (χ0n) is 13.8. The van der Waals surface area contributed by atoms with E-state index in [1.807, 2.05) is 25.1 Å². The molecule has 128 valence electrons. The molecule has 0 bridgehead atoms. The lowest BCUT2D eigenvalue weighted by Crippen LogP contribution is -2.47. The Hall–Kier alpha value is -1.43. The predicted octanol–water partition coefficient (Wildman–Crippen LogP) is 0.942. The average molecular weight is 320 g/mol. The summed E-state index contributed by atoms with van der Waals surface area (Å²) in [6, 6.07) is 10.2. The molecule has 2 rings (SSSR count). The highest BCUT2D eigenvalue weighted by Gasteiger charge is 2.39. The van der Waals surface area contributed by atoms with Crippen LogP contribution in [0.5, 0.6) is 0 Å². The van der Waals surface area contributed by atoms with E-state index < -0.39 is 6.10 Å². The number of nitrogens with zero attached hydrogens (tertiary/aromatic N) is 1. The van der Waals surface area contributed by atoms with Crippen molar-refractivity contribution < 1.29 is 15.0 Å². The van der Waals surface area contributed by atoms with Gasteiger partial charge in [0.15, 0.2) is 0 Å². The van der Waals surface area contributed by atoms with E-state index in [4.69, 9.17) is 0 Å². The van der Waals surface area contributed by atoms with Gasteiger partial charge in [-0.3, -0.25) is 9.69 Å². The summed E-state index contributed by atoms with van der Waals surface area (Å²) in [4.78, 5) is 13.6. The number of nitrogens with one attached hydrogen (secondary N) is 1. The van der Waals surface area contributed by atoms with E-state index in [0.29, 0.717) is 19.4 Å². The third-order valence-electron chi connectivity index (χ3n) is 4.62. The number of likely N-dealkylation sites (tertiary alicyclic amines) is 1. The Balaban J connectivity index is 1.89. The first kappa shape index (κ1) is 17.9. The maximum atomic E-state index is 11.5. The second kappa shape index (κ2) is 9.01. The van der Waals surface area contributed by atoms with Crippen molar-refractivity contribution in [2.75, 3.05) is 19.7 Å². The van der Waals surface area contributed by atoms with Crippen molar-refractivity contribution in [1.82, 2.24) is 10.2 Å². The van der Waals surface area contributed by atoms with Gasteiger partial charge in [-0.2, -0.15) is 0 Å². The van der Waals surface area contributed by atoms with Crippen molar-refractivity contribution in [2.45, 2.75) is 50.8 Å². The van der Waals surface area contributed by atoms with Gasteiger partial charge in [0.1, 0.15) is 0 Å². The molecule has 1 saturated heterocycles. The van der Waals surface area contributed by atoms with Gasteiger partial charge >= 0.3 is 0 Å². The number of hydrogen-bond acceptors (Lipinski definition) is 4. The Morgan fingerprint density at radius 3 is 2.74 bits per heavy atom. The molecule has 1 aliphatic rings. The highest BCUT2D eigenvalue weighted by molar-refractivity contribution is 5.75. The maximum absolute atomic E-state index is 11.5. The van der Waals surface area contributed by atoms with Crippen LogP contribution >= 0.6 is 0 Å². The van der Waals surface area contributed by atoms with Crippen LogP contribution in [0.1, 0.15) is 31.7 Å². The van der Waals surface area contributed by atoms with Crippen molar-refractivity contribution in [3.63, 3.8) is 0 Å². The Morgan fingerprint density at radius 2 is 2.09 bits per heavy atom. The Morgan fingerprint density at radius 1 is 1.35 bits per heavy atom. The van der Waals surface area contributed by atoms with Crippen LogP contribution in [0.4, 0.5) is 0 Å². The fourth-order valence-corrected chi connectivity index (χ4v) is 3.30. The maximum Gasteiger partial charge on any atom is 0.219 e. The zero-order valence-corrected chi connectivity index (χ0v) is 13.8. The van der Waals surface area contributed by atoms with Gasteiger partial charge in [-0.1, -0.05) is 37.3 Å². The molecule has 0 aliphatic carbocycles. The molecule has 0 saturated carbocycles. The second-order valence-electron chi connectivity index (χ2n) is 6.19. The molecule has 1 aliphatic heterocycles. The van der Waals surface area contributed by atoms with Crippen molar-refractivity contribution in [1.29, 1.82) is 0 Å². The molecule has 0 radical (unpaired) electrons. The summed E-state index contributed by atoms with van der Waals surface area (Å²) in [7, 11) is 0. The first-order chi connectivity index (χ1) is 11.2. The van der Waals surface area contributed by atoms with Gasteiger partial charge < -0.3 is 15.5 Å². The largest absolute Gasteiger partial charge is 0.395 e. The third kappa shape index (κ3) is 5.03. The molecular formula is C18H28N2O3. The van der Waals surface area contributed by atoms with Crippen molar-refractivity contribution >= 4 is 5.91 Å². The van der Waals surface area contributed by atoms with Gasteiger partial charge in [0.05, 0.1) is 18.8 Å². The second-order valence-corrected chi connectivity index (χ2v) is 6.19. The van der Waals surface area contributed by atoms with Crippen LogP contribution < -0.4 is 5.32 Å². The summed E-state index contributed by atoms with van der Waals surface area (Å²) in [5.74, 6) is -0.00566. The van der Waals surface area contributed by atoms with Crippen LogP contribution in [0.15, 0.2) is 30.3 Å². The van der Waals surface area contributed by atoms with Gasteiger partial charge in [-0.15, -0.1) is 0 Å². The first-order valence-electron chi connectivity index (χ1n) is 8.51. The summed E-state index contributed by atoms with van der Waals surface area (Å²) >= 11 is 0. The first-order valence-corrected chi connectivity index (χ1v) is 8.51. The Labute approximate surface area is 138 Å². The number of aryl methyl sites for hydroxylation is 1. The van der Waals surface area contributed by atoms with Gasteiger partial charge in [0.2, 0.25) is 5.91 Å². The molecule has 0 spiro atoms. The minimum Gasteiger partial charge on any atom is -0.395 e. The van der Waals surface area contributed by atoms with Gasteiger partial charge in [0, 0.05) is 19.0 Å². The molecule has 3 atom stereocenters. The quantitative estimate of drug-likeness (QED) is 0.667. The van der Waals surface area contributed by atoms with E-state index in [1.54, 1.807) is 0 Å². The summed E-state index contributed by atoms with van der Waals surface area (Å²) in [5.41, 5.74) is 1.30. The monoisotopic (exact) mass is 320 g/mol. The van der Waals surface area contributed by atoms with Crippen molar-refractivity contribution in [2.24, 2.45) is 0 Å². The lowest BCUT2D eigenvalue weighted by molar-refractivity contribution is -0.121. The number of hydrogen-bond donors (Lipinski definition) is 3. The topological polar surface area (TPSA) is 72.8 Å². The molecule has 1 aromatic rings. The van der Waals surface area contributed by atoms with Gasteiger partial charge in [0.25, 0.3) is 0 Å². The van der Waals surface area contributed by atoms with Crippen LogP contribution in [-0.4, -0.2) is 58.9 Å². The average Bonchev–Trinajstić information content (AvgIpc) is 2.88. The molecule has 1 amide bonds. The predicted molar refractivity (Wildman–Crippen MR) is 90.1 cm³/mol. The lowest BCUT2D eigenvalue weighted by Gasteiger charge is -2.30. The highest BCUT2D eigenvalue weighted by atomic mass is 16.3. The molecule has 5 heteroatoms. The standard InChI is InChI=1S/C18H28N2O3/c1-2-18(23)19-12-16-17(22)11-15(13-21)20(16)10-6-9-14-7-4-3-5-8-14/h3-5,7-8,15-17,21-22H,2,6,9-13H2,1H3,(H,19,23). The van der Waals surface area contributed by atoms with Crippen molar-refractivity contribution in [3.8, 4) is 0 Å². The van der Waals surface area contributed by atoms with Crippen LogP contribution in [0, 0.1) is 0 Å². The Kier molecular flexibility index (Phi) is 7.02. The smallest absolute Gasteiger partial charge is 0.219 e. The molecule has 1 heterocycles. The molecule has 3 N–H and O–H groups in total.